The fraction of sp³-hybridized carbons (Fsp3) is 0.200. The first-order chi connectivity index (χ1) is 18.9. The van der Waals surface area contributed by atoms with Crippen LogP contribution in [0.25, 0.3) is 22.2 Å². The highest BCUT2D eigenvalue weighted by atomic mass is 19.1. The van der Waals surface area contributed by atoms with Gasteiger partial charge in [0.05, 0.1) is 28.2 Å². The minimum Gasteiger partial charge on any atom is -0.438 e. The average molecular weight is 522 g/mol. The Labute approximate surface area is 223 Å². The molecule has 39 heavy (non-hydrogen) atoms. The number of nitrogens with zero attached hydrogens (tertiary/aromatic N) is 5. The van der Waals surface area contributed by atoms with E-state index in [1.54, 1.807) is 41.3 Å². The van der Waals surface area contributed by atoms with Crippen LogP contribution >= 0.6 is 0 Å². The number of rotatable bonds is 9. The first kappa shape index (κ1) is 24.5. The molecule has 0 unspecified atom stereocenters. The zero-order valence-electron chi connectivity index (χ0n) is 21.2. The van der Waals surface area contributed by atoms with Crippen LogP contribution in [0.5, 0.6) is 11.6 Å². The molecule has 8 nitrogen and oxygen atoms in total. The van der Waals surface area contributed by atoms with Crippen LogP contribution in [0.1, 0.15) is 24.0 Å². The van der Waals surface area contributed by atoms with Crippen LogP contribution in [0.15, 0.2) is 79.5 Å². The molecular formula is C30H24FN5O3. The number of Topliss-reactive ketones (excluding diaryl/α,β-unsaturated/α-hetero) is 2. The number of ketones is 2. The zero-order chi connectivity index (χ0) is 27.0. The van der Waals surface area contributed by atoms with Crippen LogP contribution in [0.3, 0.4) is 0 Å². The maximum Gasteiger partial charge on any atom is 0.231 e. The van der Waals surface area contributed by atoms with Gasteiger partial charge in [-0.1, -0.05) is 24.3 Å². The molecule has 0 amide bonds. The molecule has 1 aliphatic rings. The van der Waals surface area contributed by atoms with Crippen molar-refractivity contribution < 1.29 is 18.7 Å². The van der Waals surface area contributed by atoms with Gasteiger partial charge < -0.3 is 4.74 Å². The van der Waals surface area contributed by atoms with E-state index in [-0.39, 0.29) is 30.2 Å². The molecule has 194 valence electrons. The Hall–Kier alpha value is -4.79. The SMILES string of the molecule is Cn1cc(-c2cc3ncnc(Oc4ccc(CC(=O)C5(C(=O)Cc6ccc(F)cc6)CC5)cc4)c3cn2)cn1. The predicted octanol–water partition coefficient (Wildman–Crippen LogP) is 5.06. The lowest BCUT2D eigenvalue weighted by Crippen LogP contribution is -2.28. The van der Waals surface area contributed by atoms with Gasteiger partial charge in [0.25, 0.3) is 0 Å². The predicted molar refractivity (Wildman–Crippen MR) is 142 cm³/mol. The van der Waals surface area contributed by atoms with Crippen molar-refractivity contribution in [3.8, 4) is 22.9 Å². The molecule has 5 aromatic rings. The van der Waals surface area contributed by atoms with Crippen LogP contribution in [0.2, 0.25) is 0 Å². The van der Waals surface area contributed by atoms with Gasteiger partial charge in [-0.15, -0.1) is 0 Å². The summed E-state index contributed by atoms with van der Waals surface area (Å²) in [5, 5.41) is 4.85. The molecule has 1 fully saturated rings. The molecule has 6 rings (SSSR count). The Morgan fingerprint density at radius 2 is 1.59 bits per heavy atom. The third-order valence-corrected chi connectivity index (χ3v) is 7.08. The van der Waals surface area contributed by atoms with Crippen molar-refractivity contribution in [2.24, 2.45) is 12.5 Å². The number of hydrogen-bond acceptors (Lipinski definition) is 7. The summed E-state index contributed by atoms with van der Waals surface area (Å²) in [4.78, 5) is 39.2. The number of carbonyl (C=O) groups is 2. The molecule has 9 heteroatoms. The van der Waals surface area contributed by atoms with Gasteiger partial charge in [-0.2, -0.15) is 5.10 Å². The quantitative estimate of drug-likeness (QED) is 0.250. The summed E-state index contributed by atoms with van der Waals surface area (Å²) in [5.41, 5.74) is 2.91. The molecule has 0 saturated heterocycles. The number of hydrogen-bond donors (Lipinski definition) is 0. The average Bonchev–Trinajstić information content (AvgIpc) is 3.65. The van der Waals surface area contributed by atoms with Crippen molar-refractivity contribution in [1.29, 1.82) is 0 Å². The van der Waals surface area contributed by atoms with Gasteiger partial charge in [-0.05, 0) is 54.3 Å². The number of benzene rings is 2. The van der Waals surface area contributed by atoms with Crippen LogP contribution in [0, 0.1) is 11.2 Å². The Morgan fingerprint density at radius 1 is 0.923 bits per heavy atom. The summed E-state index contributed by atoms with van der Waals surface area (Å²) in [6.07, 6.45) is 8.15. The van der Waals surface area contributed by atoms with Crippen LogP contribution in [-0.4, -0.2) is 36.3 Å². The number of aromatic nitrogens is 5. The van der Waals surface area contributed by atoms with Crippen molar-refractivity contribution in [1.82, 2.24) is 24.7 Å². The standard InChI is InChI=1S/C30H24FN5O3/c1-36-17-21(15-35-36)25-14-26-24(16-32-25)29(34-18-33-26)39-23-8-4-20(5-9-23)13-28(38)30(10-11-30)27(37)12-19-2-6-22(31)7-3-19/h2-9,14-18H,10-13H2,1H3. The molecule has 0 atom stereocenters. The van der Waals surface area contributed by atoms with E-state index in [9.17, 15) is 14.0 Å². The van der Waals surface area contributed by atoms with Crippen molar-refractivity contribution in [2.45, 2.75) is 25.7 Å². The minimum absolute atomic E-state index is 0.0828. The van der Waals surface area contributed by atoms with Crippen LogP contribution < -0.4 is 4.74 Å². The summed E-state index contributed by atoms with van der Waals surface area (Å²) >= 11 is 0. The number of aryl methyl sites for hydroxylation is 1. The van der Waals surface area contributed by atoms with E-state index in [1.165, 1.54) is 18.5 Å². The number of carbonyl (C=O) groups excluding carboxylic acids is 2. The van der Waals surface area contributed by atoms with Gasteiger partial charge in [0.1, 0.15) is 17.9 Å². The summed E-state index contributed by atoms with van der Waals surface area (Å²) in [7, 11) is 1.85. The summed E-state index contributed by atoms with van der Waals surface area (Å²) in [6, 6.07) is 14.9. The number of pyridine rings is 1. The smallest absolute Gasteiger partial charge is 0.231 e. The molecule has 3 aromatic heterocycles. The van der Waals surface area contributed by atoms with E-state index < -0.39 is 5.41 Å². The van der Waals surface area contributed by atoms with E-state index in [4.69, 9.17) is 4.74 Å². The molecule has 1 aliphatic carbocycles. The highest BCUT2D eigenvalue weighted by Gasteiger charge is 2.54. The summed E-state index contributed by atoms with van der Waals surface area (Å²) < 4.78 is 20.9. The largest absolute Gasteiger partial charge is 0.438 e. The monoisotopic (exact) mass is 521 g/mol. The van der Waals surface area contributed by atoms with E-state index in [0.29, 0.717) is 40.9 Å². The van der Waals surface area contributed by atoms with Crippen molar-refractivity contribution in [3.63, 3.8) is 0 Å². The van der Waals surface area contributed by atoms with Crippen molar-refractivity contribution >= 4 is 22.5 Å². The number of ether oxygens (including phenoxy) is 1. The lowest BCUT2D eigenvalue weighted by Gasteiger charge is -2.13. The highest BCUT2D eigenvalue weighted by molar-refractivity contribution is 6.10. The van der Waals surface area contributed by atoms with Crippen molar-refractivity contribution in [3.05, 3.63) is 96.5 Å². The molecule has 1 saturated carbocycles. The topological polar surface area (TPSA) is 99.9 Å². The van der Waals surface area contributed by atoms with Gasteiger partial charge in [-0.25, -0.2) is 14.4 Å². The molecule has 0 radical (unpaired) electrons. The Balaban J connectivity index is 1.13. The normalized spacial score (nSPS) is 13.8. The summed E-state index contributed by atoms with van der Waals surface area (Å²) in [6.45, 7) is 0. The molecule has 3 heterocycles. The van der Waals surface area contributed by atoms with Crippen LogP contribution in [0.4, 0.5) is 4.39 Å². The van der Waals surface area contributed by atoms with E-state index in [2.05, 4.69) is 20.1 Å². The lowest BCUT2D eigenvalue weighted by molar-refractivity contribution is -0.133. The molecule has 0 bridgehead atoms. The van der Waals surface area contributed by atoms with E-state index in [1.807, 2.05) is 31.4 Å². The summed E-state index contributed by atoms with van der Waals surface area (Å²) in [5.74, 6) is 0.388. The number of halogens is 1. The van der Waals surface area contributed by atoms with Gasteiger partial charge >= 0.3 is 0 Å². The van der Waals surface area contributed by atoms with Crippen molar-refractivity contribution in [2.75, 3.05) is 0 Å². The van der Waals surface area contributed by atoms with Gasteiger partial charge in [0, 0.05) is 37.8 Å². The Kier molecular flexibility index (Phi) is 6.18. The second-order valence-corrected chi connectivity index (χ2v) is 9.82. The minimum atomic E-state index is -0.925. The molecular weight excluding hydrogens is 497 g/mol. The number of fused-ring (bicyclic) bond motifs is 1. The first-order valence-electron chi connectivity index (χ1n) is 12.6. The fourth-order valence-corrected chi connectivity index (χ4v) is 4.66. The third kappa shape index (κ3) is 5.03. The molecule has 2 aromatic carbocycles. The fourth-order valence-electron chi connectivity index (χ4n) is 4.66. The molecule has 0 N–H and O–H groups in total. The van der Waals surface area contributed by atoms with Crippen LogP contribution in [-0.2, 0) is 29.5 Å². The third-order valence-electron chi connectivity index (χ3n) is 7.08. The lowest BCUT2D eigenvalue weighted by atomic mass is 9.88. The van der Waals surface area contributed by atoms with Gasteiger partial charge in [-0.3, -0.25) is 19.3 Å². The Bertz CT molecular complexity index is 1690. The Morgan fingerprint density at radius 3 is 2.21 bits per heavy atom. The van der Waals surface area contributed by atoms with Gasteiger partial charge in [0.15, 0.2) is 11.6 Å². The first-order valence-corrected chi connectivity index (χ1v) is 12.6. The highest BCUT2D eigenvalue weighted by Crippen LogP contribution is 2.48. The second-order valence-electron chi connectivity index (χ2n) is 9.82. The maximum atomic E-state index is 13.2. The second kappa shape index (κ2) is 9.83. The van der Waals surface area contributed by atoms with Gasteiger partial charge in [0.2, 0.25) is 5.88 Å². The zero-order valence-corrected chi connectivity index (χ0v) is 21.2. The molecule has 0 aliphatic heterocycles. The maximum absolute atomic E-state index is 13.2. The van der Waals surface area contributed by atoms with E-state index >= 15 is 0 Å². The molecule has 0 spiro atoms. The van der Waals surface area contributed by atoms with E-state index in [0.717, 1.165) is 16.8 Å².